The van der Waals surface area contributed by atoms with Crippen LogP contribution in [0.3, 0.4) is 0 Å². The molecule has 1 fully saturated rings. The highest BCUT2D eigenvalue weighted by molar-refractivity contribution is 5.96. The van der Waals surface area contributed by atoms with Crippen LogP contribution < -0.4 is 21.0 Å². The monoisotopic (exact) mass is 979 g/mol. The molecule has 0 aliphatic carbocycles. The van der Waals surface area contributed by atoms with Gasteiger partial charge in [-0.25, -0.2) is 14.0 Å². The zero-order valence-electron chi connectivity index (χ0n) is 41.4. The molecule has 19 nitrogen and oxygen atoms in total. The van der Waals surface area contributed by atoms with Crippen LogP contribution in [-0.2, 0) is 34.1 Å². The number of carbonyl (C=O) groups is 4. The molecule has 3 amide bonds. The van der Waals surface area contributed by atoms with E-state index >= 15 is 4.39 Å². The van der Waals surface area contributed by atoms with E-state index in [-0.39, 0.29) is 66.9 Å². The lowest BCUT2D eigenvalue weighted by atomic mass is 9.98. The number of pyridine rings is 1. The molecule has 0 bridgehead atoms. The summed E-state index contributed by atoms with van der Waals surface area (Å²) in [6, 6.07) is 16.6. The van der Waals surface area contributed by atoms with E-state index < -0.39 is 40.7 Å². The summed E-state index contributed by atoms with van der Waals surface area (Å²) in [5, 5.41) is 40.2. The number of ether oxygens (including phenoxy) is 1. The topological polar surface area (TPSA) is 248 Å². The Bertz CT molecular complexity index is 2870. The van der Waals surface area contributed by atoms with Crippen molar-refractivity contribution in [1.29, 1.82) is 0 Å². The predicted molar refractivity (Wildman–Crippen MR) is 263 cm³/mol. The molecule has 4 atom stereocenters. The molecule has 2 unspecified atom stereocenters. The fourth-order valence-corrected chi connectivity index (χ4v) is 7.31. The molecular weight excluding hydrogens is 918 g/mol. The van der Waals surface area contributed by atoms with Gasteiger partial charge in [0.25, 0.3) is 0 Å². The summed E-state index contributed by atoms with van der Waals surface area (Å²) >= 11 is 0. The highest BCUT2D eigenvalue weighted by Gasteiger charge is 2.28. The molecule has 4 N–H and O–H groups in total. The zero-order chi connectivity index (χ0) is 51.7. The fraction of sp³-hybridized carbons (Fsp3) is 0.431. The molecule has 71 heavy (non-hydrogen) atoms. The van der Waals surface area contributed by atoms with E-state index in [0.29, 0.717) is 66.0 Å². The number of nitrogens with zero attached hydrogens (tertiary/aromatic N) is 7. The maximum Gasteiger partial charge on any atom is 0.410 e. The van der Waals surface area contributed by atoms with Crippen LogP contribution in [0.1, 0.15) is 131 Å². The lowest BCUT2D eigenvalue weighted by molar-refractivity contribution is -0.118. The van der Waals surface area contributed by atoms with Crippen LogP contribution in [0.2, 0.25) is 0 Å². The number of carboxylic acids is 1. The SMILES string of the molecule is CC(C(=O)Nc1ccc(CO)cc1)c1nnc([C@H](C)C(C)C)o1.CCn1cc(C(=O)O)c(=O)c2cc(F)c(N3CCN(C(=O)OCc4ccc(NC(=O)C(C)c5nnc([C@H](C)C(C)C)o5)cc4)CC3)cc21. The van der Waals surface area contributed by atoms with Gasteiger partial charge in [-0.05, 0) is 80.1 Å². The van der Waals surface area contributed by atoms with Crippen molar-refractivity contribution in [3.05, 3.63) is 123 Å². The predicted octanol–water partition coefficient (Wildman–Crippen LogP) is 8.27. The minimum Gasteiger partial charge on any atom is -0.477 e. The van der Waals surface area contributed by atoms with Crippen LogP contribution in [0.15, 0.2) is 80.5 Å². The lowest BCUT2D eigenvalue weighted by Gasteiger charge is -2.35. The number of aromatic nitrogens is 5. The molecule has 0 radical (unpaired) electrons. The molecule has 1 saturated heterocycles. The Morgan fingerprint density at radius 1 is 0.718 bits per heavy atom. The highest BCUT2D eigenvalue weighted by atomic mass is 19.1. The summed E-state index contributed by atoms with van der Waals surface area (Å²) in [6.45, 7) is 19.2. The number of aliphatic hydroxyl groups is 1. The smallest absolute Gasteiger partial charge is 0.410 e. The second-order valence-electron chi connectivity index (χ2n) is 18.3. The normalized spacial score (nSPS) is 14.4. The van der Waals surface area contributed by atoms with Gasteiger partial charge in [0.15, 0.2) is 0 Å². The highest BCUT2D eigenvalue weighted by Crippen LogP contribution is 2.29. The van der Waals surface area contributed by atoms with Crippen molar-refractivity contribution in [3.8, 4) is 0 Å². The Morgan fingerprint density at radius 2 is 1.20 bits per heavy atom. The van der Waals surface area contributed by atoms with Crippen molar-refractivity contribution in [2.75, 3.05) is 41.7 Å². The van der Waals surface area contributed by atoms with Crippen LogP contribution in [0.25, 0.3) is 10.9 Å². The molecule has 0 saturated carbocycles. The average molecular weight is 980 g/mol. The molecule has 0 spiro atoms. The van der Waals surface area contributed by atoms with Crippen LogP contribution in [0, 0.1) is 17.7 Å². The van der Waals surface area contributed by atoms with Gasteiger partial charge in [0.05, 0.1) is 17.8 Å². The zero-order valence-corrected chi connectivity index (χ0v) is 41.4. The molecule has 20 heteroatoms. The number of piperazine rings is 1. The summed E-state index contributed by atoms with van der Waals surface area (Å²) in [6.07, 6.45) is 0.764. The van der Waals surface area contributed by atoms with Gasteiger partial charge < -0.3 is 48.8 Å². The number of carbonyl (C=O) groups excluding carboxylic acids is 3. The Morgan fingerprint density at radius 3 is 1.65 bits per heavy atom. The third kappa shape index (κ3) is 12.8. The number of amides is 3. The number of benzene rings is 3. The molecule has 4 heterocycles. The fourth-order valence-electron chi connectivity index (χ4n) is 7.31. The van der Waals surface area contributed by atoms with Crippen molar-refractivity contribution in [2.45, 2.75) is 106 Å². The Balaban J connectivity index is 0.000000300. The number of aromatic carboxylic acids is 1. The van der Waals surface area contributed by atoms with E-state index in [1.54, 1.807) is 84.8 Å². The van der Waals surface area contributed by atoms with Gasteiger partial charge in [-0.15, -0.1) is 20.4 Å². The van der Waals surface area contributed by atoms with Gasteiger partial charge in [0.2, 0.25) is 40.8 Å². The molecule has 1 aliphatic rings. The number of aryl methyl sites for hydroxylation is 1. The summed E-state index contributed by atoms with van der Waals surface area (Å²) < 4.78 is 33.7. The molecule has 6 aromatic rings. The Kier molecular flexibility index (Phi) is 17.4. The number of halogens is 1. The van der Waals surface area contributed by atoms with Crippen molar-refractivity contribution in [3.63, 3.8) is 0 Å². The molecule has 1 aliphatic heterocycles. The van der Waals surface area contributed by atoms with Gasteiger partial charge in [0.1, 0.15) is 29.8 Å². The largest absolute Gasteiger partial charge is 0.477 e. The minimum absolute atomic E-state index is 0.000718. The van der Waals surface area contributed by atoms with Gasteiger partial charge in [-0.3, -0.25) is 14.4 Å². The van der Waals surface area contributed by atoms with Crippen molar-refractivity contribution in [1.82, 2.24) is 29.9 Å². The van der Waals surface area contributed by atoms with Crippen molar-refractivity contribution < 1.29 is 47.4 Å². The quantitative estimate of drug-likeness (QED) is 0.0713. The number of rotatable bonds is 16. The average Bonchev–Trinajstić information content (AvgIpc) is 4.07. The van der Waals surface area contributed by atoms with E-state index in [9.17, 15) is 29.1 Å². The van der Waals surface area contributed by atoms with Crippen LogP contribution in [0.4, 0.5) is 26.2 Å². The number of aliphatic hydroxyl groups excluding tert-OH is 1. The molecular formula is C51H62FN9O10. The maximum atomic E-state index is 15.2. The standard InChI is InChI=1S/C34H39FN6O7.C17H23N3O3/c1-6-39-17-25(33(44)45)29(42)24-15-26(35)28(16-27(24)39)40-11-13-41(14-12-40)34(46)47-18-22-7-9-23(10-8-22)36-30(43)21(5)32-38-37-31(48-32)20(4)19(2)3;1-10(2)11(3)16-19-20-17(23-16)12(4)15(22)18-14-7-5-13(9-21)6-8-14/h7-10,15-17,19-21H,6,11-14,18H2,1-5H3,(H,36,43)(H,44,45);5-8,10-12,21H,9H2,1-4H3,(H,18,22)/t20-,21?;11-,12?/m11/s1. The van der Waals surface area contributed by atoms with E-state index in [4.69, 9.17) is 18.7 Å². The van der Waals surface area contributed by atoms with Crippen LogP contribution in [-0.4, -0.2) is 90.1 Å². The van der Waals surface area contributed by atoms with E-state index in [0.717, 1.165) is 17.2 Å². The number of anilines is 3. The van der Waals surface area contributed by atoms with E-state index in [1.807, 2.05) is 13.8 Å². The van der Waals surface area contributed by atoms with Gasteiger partial charge in [-0.2, -0.15) is 0 Å². The third-order valence-electron chi connectivity index (χ3n) is 12.8. The van der Waals surface area contributed by atoms with Gasteiger partial charge >= 0.3 is 12.1 Å². The van der Waals surface area contributed by atoms with Crippen molar-refractivity contribution >= 4 is 51.8 Å². The molecule has 3 aromatic heterocycles. The maximum absolute atomic E-state index is 15.2. The molecule has 378 valence electrons. The first-order chi connectivity index (χ1) is 33.8. The van der Waals surface area contributed by atoms with Gasteiger partial charge in [-0.1, -0.05) is 65.8 Å². The van der Waals surface area contributed by atoms with E-state index in [2.05, 4.69) is 58.7 Å². The molecule has 7 rings (SSSR count). The summed E-state index contributed by atoms with van der Waals surface area (Å²) in [5.41, 5.74) is 2.29. The number of nitrogens with one attached hydrogen (secondary N) is 2. The molecule has 3 aromatic carbocycles. The minimum atomic E-state index is -1.37. The number of hydrogen-bond acceptors (Lipinski definition) is 14. The first-order valence-corrected chi connectivity index (χ1v) is 23.6. The first kappa shape index (κ1) is 52.9. The van der Waals surface area contributed by atoms with Gasteiger partial charge in [0, 0.05) is 67.5 Å². The summed E-state index contributed by atoms with van der Waals surface area (Å²) in [4.78, 5) is 65.4. The second kappa shape index (κ2) is 23.4. The lowest BCUT2D eigenvalue weighted by Crippen LogP contribution is -2.49. The van der Waals surface area contributed by atoms with Crippen LogP contribution >= 0.6 is 0 Å². The van der Waals surface area contributed by atoms with E-state index in [1.165, 1.54) is 11.1 Å². The third-order valence-corrected chi connectivity index (χ3v) is 12.8. The Labute approximate surface area is 410 Å². The number of carboxylic acid groups (broad SMARTS) is 1. The second-order valence-corrected chi connectivity index (χ2v) is 18.3. The number of fused-ring (bicyclic) bond motifs is 1. The van der Waals surface area contributed by atoms with Crippen LogP contribution in [0.5, 0.6) is 0 Å². The van der Waals surface area contributed by atoms with Crippen molar-refractivity contribution in [2.24, 2.45) is 11.8 Å². The number of hydrogen-bond donors (Lipinski definition) is 4. The summed E-state index contributed by atoms with van der Waals surface area (Å²) in [5.74, 6) is -1.13. The Hall–Kier alpha value is -7.48. The summed E-state index contributed by atoms with van der Waals surface area (Å²) in [7, 11) is 0. The first-order valence-electron chi connectivity index (χ1n) is 23.6.